The number of carboxylic acid groups (broad SMARTS) is 1. The normalized spacial score (nSPS) is 9.90. The second kappa shape index (κ2) is 6.38. The van der Waals surface area contributed by atoms with Crippen LogP contribution in [0.3, 0.4) is 0 Å². The Morgan fingerprint density at radius 3 is 2.48 bits per heavy atom. The number of aromatic nitrogens is 1. The Hall–Kier alpha value is -2.38. The van der Waals surface area contributed by atoms with E-state index in [1.165, 1.54) is 10.8 Å². The third-order valence-electron chi connectivity index (χ3n) is 2.54. The minimum absolute atomic E-state index is 0.180. The molecule has 0 saturated heterocycles. The number of nitrogens with one attached hydrogen (secondary N) is 1. The number of rotatable bonds is 1. The first-order valence-corrected chi connectivity index (χ1v) is 7.03. The van der Waals surface area contributed by atoms with Gasteiger partial charge < -0.3 is 20.3 Å². The Morgan fingerprint density at radius 1 is 1.14 bits per heavy atom. The summed E-state index contributed by atoms with van der Waals surface area (Å²) in [4.78, 5) is 13.4. The predicted octanol–water partition coefficient (Wildman–Crippen LogP) is 3.75. The van der Waals surface area contributed by atoms with Gasteiger partial charge in [0, 0.05) is 0 Å². The van der Waals surface area contributed by atoms with Crippen LogP contribution >= 0.6 is 23.6 Å². The highest BCUT2D eigenvalue weighted by Gasteiger charge is 2.08. The van der Waals surface area contributed by atoms with Crippen molar-refractivity contribution in [3.8, 4) is 11.5 Å². The van der Waals surface area contributed by atoms with Crippen LogP contribution in [-0.4, -0.2) is 26.3 Å². The first kappa shape index (κ1) is 15.0. The lowest BCUT2D eigenvalue weighted by atomic mass is 10.2. The van der Waals surface area contributed by atoms with E-state index in [0.29, 0.717) is 0 Å². The minimum Gasteiger partial charge on any atom is -0.508 e. The molecule has 1 heterocycles. The van der Waals surface area contributed by atoms with Crippen molar-refractivity contribution in [1.82, 2.24) is 4.98 Å². The zero-order chi connectivity index (χ0) is 15.4. The molecule has 0 atom stereocenters. The average Bonchev–Trinajstić information content (AvgIpc) is 2.82. The molecule has 7 heteroatoms. The highest BCUT2D eigenvalue weighted by Crippen LogP contribution is 2.21. The summed E-state index contributed by atoms with van der Waals surface area (Å²) in [7, 11) is 0. The predicted molar refractivity (Wildman–Crippen MR) is 83.7 cm³/mol. The van der Waals surface area contributed by atoms with Crippen LogP contribution in [0.1, 0.15) is 10.4 Å². The van der Waals surface area contributed by atoms with Gasteiger partial charge in [-0.05, 0) is 42.5 Å². The van der Waals surface area contributed by atoms with Crippen molar-refractivity contribution in [1.29, 1.82) is 0 Å². The van der Waals surface area contributed by atoms with Gasteiger partial charge in [-0.25, -0.2) is 4.79 Å². The maximum Gasteiger partial charge on any atom is 0.339 e. The van der Waals surface area contributed by atoms with Crippen molar-refractivity contribution in [3.63, 3.8) is 0 Å². The van der Waals surface area contributed by atoms with E-state index >= 15 is 0 Å². The molecule has 21 heavy (non-hydrogen) atoms. The summed E-state index contributed by atoms with van der Waals surface area (Å²) in [6, 6.07) is 11.4. The summed E-state index contributed by atoms with van der Waals surface area (Å²) in [6.45, 7) is 0. The van der Waals surface area contributed by atoms with Crippen molar-refractivity contribution in [3.05, 3.63) is 52.0 Å². The number of para-hydroxylation sites is 1. The van der Waals surface area contributed by atoms with Crippen LogP contribution in [0.4, 0.5) is 0 Å². The van der Waals surface area contributed by atoms with Crippen molar-refractivity contribution in [2.45, 2.75) is 0 Å². The molecule has 3 rings (SSSR count). The molecule has 0 amide bonds. The van der Waals surface area contributed by atoms with Gasteiger partial charge >= 0.3 is 5.97 Å². The molecule has 0 spiro atoms. The standard InChI is InChI=1S/C7H5NS2.C7H6O4/c9-7-8-5-3-1-2-4-6(5)10-7;8-4-1-2-6(9)5(3-4)7(10)11/h1-4H,(H,8,9);1-3,8-9H,(H,10,11). The first-order chi connectivity index (χ1) is 9.97. The molecule has 4 N–H and O–H groups in total. The number of carboxylic acids is 1. The zero-order valence-electron chi connectivity index (χ0n) is 10.6. The lowest BCUT2D eigenvalue weighted by Gasteiger charge is -1.98. The average molecular weight is 321 g/mol. The molecular formula is C14H11NO4S2. The second-order valence-electron chi connectivity index (χ2n) is 4.02. The number of aromatic amines is 1. The number of benzene rings is 2. The van der Waals surface area contributed by atoms with E-state index in [9.17, 15) is 4.79 Å². The van der Waals surface area contributed by atoms with Gasteiger partial charge in [-0.2, -0.15) is 0 Å². The molecular weight excluding hydrogens is 310 g/mol. The lowest BCUT2D eigenvalue weighted by Crippen LogP contribution is -1.95. The summed E-state index contributed by atoms with van der Waals surface area (Å²) in [5.41, 5.74) is 0.836. The Kier molecular flexibility index (Phi) is 4.56. The summed E-state index contributed by atoms with van der Waals surface area (Å²) in [5, 5.41) is 26.1. The highest BCUT2D eigenvalue weighted by molar-refractivity contribution is 7.73. The molecule has 0 fully saturated rings. The van der Waals surface area contributed by atoms with E-state index in [0.717, 1.165) is 21.6 Å². The molecule has 0 bridgehead atoms. The smallest absolute Gasteiger partial charge is 0.339 e. The Balaban J connectivity index is 0.000000154. The number of fused-ring (bicyclic) bond motifs is 1. The van der Waals surface area contributed by atoms with Gasteiger partial charge in [0.05, 0.1) is 10.2 Å². The molecule has 0 aliphatic heterocycles. The maximum absolute atomic E-state index is 10.3. The Bertz CT molecular complexity index is 802. The Labute approximate surface area is 128 Å². The van der Waals surface area contributed by atoms with Gasteiger partial charge in [-0.3, -0.25) is 0 Å². The van der Waals surface area contributed by atoms with Crippen LogP contribution in [-0.2, 0) is 0 Å². The van der Waals surface area contributed by atoms with Crippen LogP contribution in [0.2, 0.25) is 0 Å². The van der Waals surface area contributed by atoms with E-state index in [-0.39, 0.29) is 17.1 Å². The third-order valence-corrected chi connectivity index (χ3v) is 3.75. The quantitative estimate of drug-likeness (QED) is 0.404. The molecule has 0 aliphatic carbocycles. The van der Waals surface area contributed by atoms with Crippen molar-refractivity contribution in [2.75, 3.05) is 0 Å². The van der Waals surface area contributed by atoms with Crippen LogP contribution < -0.4 is 0 Å². The number of phenols is 2. The van der Waals surface area contributed by atoms with Gasteiger partial charge in [0.2, 0.25) is 0 Å². The summed E-state index contributed by atoms with van der Waals surface area (Å²) in [6.07, 6.45) is 0. The fourth-order valence-electron chi connectivity index (χ4n) is 1.59. The van der Waals surface area contributed by atoms with E-state index in [4.69, 9.17) is 27.5 Å². The van der Waals surface area contributed by atoms with Gasteiger partial charge in [0.15, 0.2) is 3.95 Å². The van der Waals surface area contributed by atoms with E-state index in [1.807, 2.05) is 18.2 Å². The molecule has 1 aromatic heterocycles. The fraction of sp³-hybridized carbons (Fsp3) is 0. The van der Waals surface area contributed by atoms with Crippen molar-refractivity contribution >= 4 is 39.7 Å². The SMILES string of the molecule is O=C(O)c1cc(O)ccc1O.S=c1[nH]c2ccccc2s1. The largest absolute Gasteiger partial charge is 0.508 e. The number of hydrogen-bond acceptors (Lipinski definition) is 5. The van der Waals surface area contributed by atoms with E-state index in [1.54, 1.807) is 11.3 Å². The van der Waals surface area contributed by atoms with Gasteiger partial charge in [-0.15, -0.1) is 11.3 Å². The van der Waals surface area contributed by atoms with Crippen LogP contribution in [0.25, 0.3) is 10.2 Å². The number of carbonyl (C=O) groups is 1. The highest BCUT2D eigenvalue weighted by atomic mass is 32.1. The molecule has 0 saturated carbocycles. The molecule has 0 unspecified atom stereocenters. The molecule has 108 valence electrons. The first-order valence-electron chi connectivity index (χ1n) is 5.80. The van der Waals surface area contributed by atoms with E-state index in [2.05, 4.69) is 11.1 Å². The molecule has 3 aromatic rings. The van der Waals surface area contributed by atoms with E-state index < -0.39 is 5.97 Å². The van der Waals surface area contributed by atoms with Crippen LogP contribution in [0.15, 0.2) is 42.5 Å². The third kappa shape index (κ3) is 3.80. The minimum atomic E-state index is -1.27. The Morgan fingerprint density at radius 2 is 1.86 bits per heavy atom. The molecule has 0 aliphatic rings. The topological polar surface area (TPSA) is 93.6 Å². The molecule has 0 radical (unpaired) electrons. The van der Waals surface area contributed by atoms with Gasteiger partial charge in [0.25, 0.3) is 0 Å². The number of thiazole rings is 1. The second-order valence-corrected chi connectivity index (χ2v) is 5.74. The number of phenolic OH excluding ortho intramolecular Hbond substituents is 1. The zero-order valence-corrected chi connectivity index (χ0v) is 12.2. The van der Waals surface area contributed by atoms with Gasteiger partial charge in [-0.1, -0.05) is 12.1 Å². The van der Waals surface area contributed by atoms with Crippen LogP contribution in [0, 0.1) is 3.95 Å². The van der Waals surface area contributed by atoms with Crippen LogP contribution in [0.5, 0.6) is 11.5 Å². The summed E-state index contributed by atoms with van der Waals surface area (Å²) >= 11 is 6.59. The maximum atomic E-state index is 10.3. The molecule has 5 nitrogen and oxygen atoms in total. The molecule has 2 aromatic carbocycles. The summed E-state index contributed by atoms with van der Waals surface area (Å²) in [5.74, 6) is -1.80. The van der Waals surface area contributed by atoms with Crippen molar-refractivity contribution in [2.24, 2.45) is 0 Å². The number of H-pyrrole nitrogens is 1. The number of aromatic hydroxyl groups is 2. The lowest BCUT2D eigenvalue weighted by molar-refractivity contribution is 0.0693. The number of aromatic carboxylic acids is 1. The van der Waals surface area contributed by atoms with Gasteiger partial charge in [0.1, 0.15) is 17.1 Å². The monoisotopic (exact) mass is 321 g/mol. The number of hydrogen-bond donors (Lipinski definition) is 4. The van der Waals surface area contributed by atoms with Crippen molar-refractivity contribution < 1.29 is 20.1 Å². The fourth-order valence-corrected chi connectivity index (χ4v) is 2.71. The summed E-state index contributed by atoms with van der Waals surface area (Å²) < 4.78 is 2.08.